The van der Waals surface area contributed by atoms with E-state index in [1.807, 2.05) is 20.8 Å². The van der Waals surface area contributed by atoms with Crippen LogP contribution in [0.5, 0.6) is 17.2 Å². The van der Waals surface area contributed by atoms with Gasteiger partial charge in [0.15, 0.2) is 6.61 Å². The monoisotopic (exact) mass is 517 g/mol. The van der Waals surface area contributed by atoms with E-state index in [-0.39, 0.29) is 46.4 Å². The maximum atomic E-state index is 13.9. The van der Waals surface area contributed by atoms with Crippen LogP contribution in [0, 0.1) is 0 Å². The van der Waals surface area contributed by atoms with E-state index in [1.165, 1.54) is 30.3 Å². The molecule has 1 N–H and O–H groups in total. The van der Waals surface area contributed by atoms with Gasteiger partial charge in [-0.1, -0.05) is 52.2 Å². The summed E-state index contributed by atoms with van der Waals surface area (Å²) in [6.45, 7) is 5.71. The molecular formula is C28H30F3NO5. The van der Waals surface area contributed by atoms with Gasteiger partial charge < -0.3 is 19.2 Å². The highest BCUT2D eigenvalue weighted by molar-refractivity contribution is 5.80. The Morgan fingerprint density at radius 2 is 1.65 bits per heavy atom. The summed E-state index contributed by atoms with van der Waals surface area (Å²) in [7, 11) is 0. The molecule has 1 aromatic heterocycles. The van der Waals surface area contributed by atoms with Gasteiger partial charge in [-0.2, -0.15) is 13.2 Å². The van der Waals surface area contributed by atoms with Crippen molar-refractivity contribution in [2.24, 2.45) is 0 Å². The molecular weight excluding hydrogens is 487 g/mol. The van der Waals surface area contributed by atoms with Crippen molar-refractivity contribution >= 4 is 16.9 Å². The predicted molar refractivity (Wildman–Crippen MR) is 133 cm³/mol. The van der Waals surface area contributed by atoms with Crippen molar-refractivity contribution in [3.63, 3.8) is 0 Å². The van der Waals surface area contributed by atoms with Crippen molar-refractivity contribution < 1.29 is 31.9 Å². The summed E-state index contributed by atoms with van der Waals surface area (Å²) in [6.07, 6.45) is 0.124. The van der Waals surface area contributed by atoms with Gasteiger partial charge >= 0.3 is 6.18 Å². The molecule has 3 aromatic rings. The number of amides is 1. The maximum Gasteiger partial charge on any atom is 0.453 e. The second-order valence-corrected chi connectivity index (χ2v) is 10.3. The molecule has 0 aliphatic heterocycles. The first-order valence-corrected chi connectivity index (χ1v) is 12.3. The zero-order valence-electron chi connectivity index (χ0n) is 21.0. The second kappa shape index (κ2) is 10.5. The number of halogens is 3. The van der Waals surface area contributed by atoms with E-state index < -0.39 is 23.1 Å². The minimum absolute atomic E-state index is 0.0779. The first-order chi connectivity index (χ1) is 17.4. The number of fused-ring (bicyclic) bond motifs is 1. The molecule has 9 heteroatoms. The van der Waals surface area contributed by atoms with Crippen LogP contribution >= 0.6 is 0 Å². The number of carbonyl (C=O) groups is 1. The summed E-state index contributed by atoms with van der Waals surface area (Å²) in [4.78, 5) is 25.2. The van der Waals surface area contributed by atoms with Gasteiger partial charge in [0, 0.05) is 12.1 Å². The van der Waals surface area contributed by atoms with Crippen LogP contribution in [-0.2, 0) is 16.4 Å². The van der Waals surface area contributed by atoms with Crippen molar-refractivity contribution in [2.45, 2.75) is 70.5 Å². The summed E-state index contributed by atoms with van der Waals surface area (Å²) in [5, 5.41) is 2.80. The number of rotatable bonds is 6. The smallest absolute Gasteiger partial charge is 0.453 e. The first-order valence-electron chi connectivity index (χ1n) is 12.3. The van der Waals surface area contributed by atoms with Gasteiger partial charge in [0.1, 0.15) is 17.1 Å². The molecule has 0 spiro atoms. The fourth-order valence-electron chi connectivity index (χ4n) is 4.33. The fraction of sp³-hybridized carbons (Fsp3) is 0.429. The van der Waals surface area contributed by atoms with E-state index in [0.717, 1.165) is 37.7 Å². The Hall–Kier alpha value is -3.49. The highest BCUT2D eigenvalue weighted by atomic mass is 19.4. The number of alkyl halides is 3. The standard InChI is InChI=1S/C28H30F3NO5/c1-27(2,3)17-9-11-19(12-10-17)36-25-24(34)21-14-13-20(15-22(21)37-26(25)28(29,30)31)35-16-23(33)32-18-7-5-4-6-8-18/h9-15,18H,4-8,16H2,1-3H3,(H,32,33). The van der Waals surface area contributed by atoms with Gasteiger partial charge in [-0.25, -0.2) is 0 Å². The molecule has 6 nitrogen and oxygen atoms in total. The summed E-state index contributed by atoms with van der Waals surface area (Å²) in [5.74, 6) is -2.62. The summed E-state index contributed by atoms with van der Waals surface area (Å²) in [6, 6.07) is 10.5. The highest BCUT2D eigenvalue weighted by Gasteiger charge is 2.40. The van der Waals surface area contributed by atoms with Crippen LogP contribution in [0.15, 0.2) is 51.7 Å². The van der Waals surface area contributed by atoms with Crippen LogP contribution in [0.2, 0.25) is 0 Å². The number of hydrogen-bond donors (Lipinski definition) is 1. The van der Waals surface area contributed by atoms with E-state index in [0.29, 0.717) is 0 Å². The van der Waals surface area contributed by atoms with Gasteiger partial charge in [-0.3, -0.25) is 9.59 Å². The van der Waals surface area contributed by atoms with Gasteiger partial charge in [0.25, 0.3) is 11.7 Å². The molecule has 1 amide bonds. The SMILES string of the molecule is CC(C)(C)c1ccc(Oc2c(C(F)(F)F)oc3cc(OCC(=O)NC4CCCCC4)ccc3c2=O)cc1. The third-order valence-corrected chi connectivity index (χ3v) is 6.36. The molecule has 4 rings (SSSR count). The molecule has 2 aromatic carbocycles. The van der Waals surface area contributed by atoms with Crippen LogP contribution in [0.4, 0.5) is 13.2 Å². The molecule has 0 radical (unpaired) electrons. The maximum absolute atomic E-state index is 13.9. The van der Waals surface area contributed by atoms with E-state index >= 15 is 0 Å². The van der Waals surface area contributed by atoms with Crippen molar-refractivity contribution in [1.29, 1.82) is 0 Å². The molecule has 198 valence electrons. The van der Waals surface area contributed by atoms with Crippen LogP contribution in [0.3, 0.4) is 0 Å². The van der Waals surface area contributed by atoms with Crippen LogP contribution in [0.25, 0.3) is 11.0 Å². The minimum Gasteiger partial charge on any atom is -0.484 e. The van der Waals surface area contributed by atoms with Gasteiger partial charge in [0.05, 0.1) is 5.39 Å². The van der Waals surface area contributed by atoms with Gasteiger partial charge in [-0.15, -0.1) is 0 Å². The number of hydrogen-bond acceptors (Lipinski definition) is 5. The largest absolute Gasteiger partial charge is 0.484 e. The summed E-state index contributed by atoms with van der Waals surface area (Å²) < 4.78 is 57.6. The molecule has 37 heavy (non-hydrogen) atoms. The zero-order valence-corrected chi connectivity index (χ0v) is 21.0. The number of nitrogens with one attached hydrogen (secondary N) is 1. The van der Waals surface area contributed by atoms with Crippen molar-refractivity contribution in [3.05, 3.63) is 64.0 Å². The summed E-state index contributed by atoms with van der Waals surface area (Å²) >= 11 is 0. The Morgan fingerprint density at radius 3 is 2.27 bits per heavy atom. The zero-order chi connectivity index (χ0) is 26.8. The van der Waals surface area contributed by atoms with E-state index in [9.17, 15) is 22.8 Å². The quantitative estimate of drug-likeness (QED) is 0.392. The molecule has 1 aliphatic rings. The van der Waals surface area contributed by atoms with E-state index in [1.54, 1.807) is 12.1 Å². The van der Waals surface area contributed by atoms with E-state index in [2.05, 4.69) is 5.32 Å². The number of ether oxygens (including phenoxy) is 2. The molecule has 0 unspecified atom stereocenters. The molecule has 1 heterocycles. The topological polar surface area (TPSA) is 77.8 Å². The third-order valence-electron chi connectivity index (χ3n) is 6.36. The first kappa shape index (κ1) is 26.6. The lowest BCUT2D eigenvalue weighted by Crippen LogP contribution is -2.38. The van der Waals surface area contributed by atoms with Crippen LogP contribution < -0.4 is 20.2 Å². The Kier molecular flexibility index (Phi) is 7.52. The van der Waals surface area contributed by atoms with Gasteiger partial charge in [0.2, 0.25) is 11.2 Å². The van der Waals surface area contributed by atoms with Crippen molar-refractivity contribution in [1.82, 2.24) is 5.32 Å². The van der Waals surface area contributed by atoms with E-state index in [4.69, 9.17) is 13.9 Å². The molecule has 1 saturated carbocycles. The predicted octanol–water partition coefficient (Wildman–Crippen LogP) is 6.73. The number of carbonyl (C=O) groups excluding carboxylic acids is 1. The van der Waals surface area contributed by atoms with Crippen molar-refractivity contribution in [2.75, 3.05) is 6.61 Å². The molecule has 0 bridgehead atoms. The Morgan fingerprint density at radius 1 is 1.00 bits per heavy atom. The van der Waals surface area contributed by atoms with Crippen molar-refractivity contribution in [3.8, 4) is 17.2 Å². The Labute approximate surface area is 212 Å². The lowest BCUT2D eigenvalue weighted by Gasteiger charge is -2.22. The average molecular weight is 518 g/mol. The molecule has 0 atom stereocenters. The Balaban J connectivity index is 1.58. The molecule has 0 saturated heterocycles. The van der Waals surface area contributed by atoms with Gasteiger partial charge in [-0.05, 0) is 48.1 Å². The average Bonchev–Trinajstić information content (AvgIpc) is 2.84. The fourth-order valence-corrected chi connectivity index (χ4v) is 4.33. The lowest BCUT2D eigenvalue weighted by molar-refractivity contribution is -0.154. The third kappa shape index (κ3) is 6.45. The minimum atomic E-state index is -4.98. The van der Waals surface area contributed by atoms with Crippen LogP contribution in [-0.4, -0.2) is 18.6 Å². The molecule has 1 aliphatic carbocycles. The second-order valence-electron chi connectivity index (χ2n) is 10.3. The number of benzene rings is 2. The lowest BCUT2D eigenvalue weighted by atomic mass is 9.87. The normalized spacial score (nSPS) is 15.0. The highest BCUT2D eigenvalue weighted by Crippen LogP contribution is 2.39. The summed E-state index contributed by atoms with van der Waals surface area (Å²) in [5.41, 5.74) is -0.483. The molecule has 1 fully saturated rings. The van der Waals surface area contributed by atoms with Crippen LogP contribution in [0.1, 0.15) is 64.2 Å². The Bertz CT molecular complexity index is 1320.